The minimum Gasteiger partial charge on any atom is -0.412 e. The van der Waals surface area contributed by atoms with Crippen LogP contribution in [0.15, 0.2) is 61.1 Å². The molecule has 1 fully saturated rings. The molecule has 2 aliphatic rings. The van der Waals surface area contributed by atoms with Gasteiger partial charge in [0.15, 0.2) is 8.32 Å². The Labute approximate surface area is 246 Å². The molecule has 1 aliphatic heterocycles. The molecule has 1 aliphatic carbocycles. The van der Waals surface area contributed by atoms with Gasteiger partial charge >= 0.3 is 0 Å². The Morgan fingerprint density at radius 1 is 1.05 bits per heavy atom. The van der Waals surface area contributed by atoms with Crippen molar-refractivity contribution in [2.24, 2.45) is 7.05 Å². The van der Waals surface area contributed by atoms with E-state index in [2.05, 4.69) is 97.8 Å². The topological polar surface area (TPSA) is 55.2 Å². The molecule has 0 radical (unpaired) electrons. The largest absolute Gasteiger partial charge is 0.412 e. The molecule has 2 aromatic carbocycles. The highest BCUT2D eigenvalue weighted by atomic mass is 28.4. The molecular weight excluding hydrogens is 522 g/mol. The average molecular weight is 568 g/mol. The van der Waals surface area contributed by atoms with Crippen LogP contribution in [0.3, 0.4) is 0 Å². The van der Waals surface area contributed by atoms with Gasteiger partial charge in [-0.2, -0.15) is 5.10 Å². The predicted octanol–water partition coefficient (Wildman–Crippen LogP) is 7.74. The quantitative estimate of drug-likeness (QED) is 0.242. The van der Waals surface area contributed by atoms with Crippen LogP contribution in [0.4, 0.5) is 5.69 Å². The molecule has 6 rings (SSSR count). The van der Waals surface area contributed by atoms with Crippen LogP contribution >= 0.6 is 0 Å². The van der Waals surface area contributed by atoms with Crippen LogP contribution in [-0.4, -0.2) is 46.8 Å². The summed E-state index contributed by atoms with van der Waals surface area (Å²) in [5, 5.41) is 9.58. The van der Waals surface area contributed by atoms with Crippen molar-refractivity contribution in [2.75, 3.05) is 12.0 Å². The van der Waals surface area contributed by atoms with Crippen LogP contribution in [0.5, 0.6) is 0 Å². The van der Waals surface area contributed by atoms with Crippen LogP contribution < -0.4 is 5.32 Å². The second-order valence-electron chi connectivity index (χ2n) is 13.6. The van der Waals surface area contributed by atoms with Crippen molar-refractivity contribution in [1.29, 1.82) is 0 Å². The summed E-state index contributed by atoms with van der Waals surface area (Å²) in [6, 6.07) is 16.1. The molecule has 216 valence electrons. The number of anilines is 1. The molecule has 0 bridgehead atoms. The second-order valence-corrected chi connectivity index (χ2v) is 18.4. The molecule has 41 heavy (non-hydrogen) atoms. The lowest BCUT2D eigenvalue weighted by atomic mass is 9.90. The van der Waals surface area contributed by atoms with E-state index in [1.54, 1.807) is 0 Å². The van der Waals surface area contributed by atoms with Crippen molar-refractivity contribution in [3.63, 3.8) is 0 Å². The van der Waals surface area contributed by atoms with E-state index >= 15 is 0 Å². The standard InChI is InChI=1S/C34H45N5OSi/c1-34(2,3)41(5,6)40-31-12-8-7-11-30(31)39-22-27-19-26(29-10-9-17-35-33(29)32(27)36-23-39)18-24-13-15-25(16-14-24)28-20-37-38(4)21-28/h9-10,13-17,19-21,30-31,36H,7-8,11-12,18,22-23H2,1-6H3/t30-,31-/m0/s1. The van der Waals surface area contributed by atoms with Crippen LogP contribution in [0.2, 0.25) is 18.1 Å². The van der Waals surface area contributed by atoms with Crippen LogP contribution in [0, 0.1) is 0 Å². The number of nitrogens with one attached hydrogen (secondary N) is 1. The normalized spacial score (nSPS) is 20.1. The zero-order valence-electron chi connectivity index (χ0n) is 25.6. The number of nitrogens with zero attached hydrogens (tertiary/aromatic N) is 4. The number of aryl methyl sites for hydroxylation is 1. The highest BCUT2D eigenvalue weighted by Gasteiger charge is 2.42. The molecule has 1 N–H and O–H groups in total. The van der Waals surface area contributed by atoms with E-state index in [0.29, 0.717) is 12.1 Å². The van der Waals surface area contributed by atoms with Gasteiger partial charge in [0.1, 0.15) is 0 Å². The minimum absolute atomic E-state index is 0.220. The van der Waals surface area contributed by atoms with Gasteiger partial charge < -0.3 is 9.74 Å². The lowest BCUT2D eigenvalue weighted by Crippen LogP contribution is -2.54. The van der Waals surface area contributed by atoms with E-state index in [1.165, 1.54) is 59.0 Å². The molecular formula is C34H45N5OSi. The third-order valence-electron chi connectivity index (χ3n) is 9.67. The summed E-state index contributed by atoms with van der Waals surface area (Å²) in [4.78, 5) is 7.51. The number of fused-ring (bicyclic) bond motifs is 3. The number of pyridine rings is 1. The SMILES string of the molecule is Cn1cc(-c2ccc(Cc3cc4c(c5ncccc35)NCN([C@H]3CCCC[C@@H]3O[Si](C)(C)C(C)(C)C)C4)cc2)cn1. The highest BCUT2D eigenvalue weighted by molar-refractivity contribution is 6.74. The summed E-state index contributed by atoms with van der Waals surface area (Å²) in [5.74, 6) is 0. The Hall–Kier alpha value is -3.00. The van der Waals surface area contributed by atoms with Gasteiger partial charge in [-0.05, 0) is 65.7 Å². The van der Waals surface area contributed by atoms with Gasteiger partial charge in [0.25, 0.3) is 0 Å². The smallest absolute Gasteiger partial charge is 0.192 e. The van der Waals surface area contributed by atoms with E-state index in [0.717, 1.165) is 30.7 Å². The maximum absolute atomic E-state index is 7.06. The van der Waals surface area contributed by atoms with Crippen molar-refractivity contribution in [3.8, 4) is 11.1 Å². The van der Waals surface area contributed by atoms with E-state index in [4.69, 9.17) is 9.41 Å². The van der Waals surface area contributed by atoms with Gasteiger partial charge in [-0.15, -0.1) is 0 Å². The average Bonchev–Trinajstić information content (AvgIpc) is 3.39. The number of benzene rings is 2. The first-order chi connectivity index (χ1) is 19.6. The summed E-state index contributed by atoms with van der Waals surface area (Å²) >= 11 is 0. The predicted molar refractivity (Wildman–Crippen MR) is 172 cm³/mol. The molecule has 7 heteroatoms. The lowest BCUT2D eigenvalue weighted by Gasteiger charge is -2.47. The molecule has 6 nitrogen and oxygen atoms in total. The van der Waals surface area contributed by atoms with Crippen molar-refractivity contribution < 1.29 is 4.43 Å². The van der Waals surface area contributed by atoms with Gasteiger partial charge in [-0.1, -0.05) is 70.0 Å². The zero-order valence-corrected chi connectivity index (χ0v) is 26.6. The molecule has 2 aromatic heterocycles. The van der Waals surface area contributed by atoms with E-state index in [9.17, 15) is 0 Å². The Balaban J connectivity index is 1.27. The number of rotatable bonds is 6. The van der Waals surface area contributed by atoms with Crippen molar-refractivity contribution in [2.45, 2.75) is 89.7 Å². The fourth-order valence-corrected chi connectivity index (χ4v) is 7.71. The van der Waals surface area contributed by atoms with Gasteiger partial charge in [0.2, 0.25) is 0 Å². The molecule has 0 saturated heterocycles. The third-order valence-corrected chi connectivity index (χ3v) is 14.2. The molecule has 0 unspecified atom stereocenters. The minimum atomic E-state index is -1.84. The monoisotopic (exact) mass is 567 g/mol. The number of hydrogen-bond acceptors (Lipinski definition) is 5. The first-order valence-electron chi connectivity index (χ1n) is 15.2. The maximum Gasteiger partial charge on any atom is 0.192 e. The maximum atomic E-state index is 7.06. The van der Waals surface area contributed by atoms with E-state index in [1.807, 2.05) is 24.1 Å². The van der Waals surface area contributed by atoms with Gasteiger partial charge in [0.05, 0.1) is 30.2 Å². The summed E-state index contributed by atoms with van der Waals surface area (Å²) < 4.78 is 8.91. The lowest BCUT2D eigenvalue weighted by molar-refractivity contribution is 0.0252. The van der Waals surface area contributed by atoms with Gasteiger partial charge in [0, 0.05) is 43.0 Å². The Morgan fingerprint density at radius 3 is 2.56 bits per heavy atom. The first kappa shape index (κ1) is 28.1. The fraction of sp³-hybridized carbons (Fsp3) is 0.471. The summed E-state index contributed by atoms with van der Waals surface area (Å²) in [5.41, 5.74) is 8.62. The van der Waals surface area contributed by atoms with Crippen LogP contribution in [-0.2, 0) is 24.4 Å². The van der Waals surface area contributed by atoms with Gasteiger partial charge in [-0.25, -0.2) is 0 Å². The van der Waals surface area contributed by atoms with Crippen LogP contribution in [0.25, 0.3) is 22.0 Å². The molecule has 2 atom stereocenters. The van der Waals surface area contributed by atoms with E-state index in [-0.39, 0.29) is 5.04 Å². The summed E-state index contributed by atoms with van der Waals surface area (Å²) in [7, 11) is 0.113. The summed E-state index contributed by atoms with van der Waals surface area (Å²) in [6.45, 7) is 13.6. The van der Waals surface area contributed by atoms with E-state index < -0.39 is 8.32 Å². The number of aromatic nitrogens is 3. The zero-order chi connectivity index (χ0) is 28.8. The summed E-state index contributed by atoms with van der Waals surface area (Å²) in [6.07, 6.45) is 12.0. The number of hydrogen-bond donors (Lipinski definition) is 1. The van der Waals surface area contributed by atoms with Crippen molar-refractivity contribution in [3.05, 3.63) is 77.7 Å². The van der Waals surface area contributed by atoms with Crippen LogP contribution in [0.1, 0.15) is 63.1 Å². The molecule has 0 spiro atoms. The second kappa shape index (κ2) is 11.0. The highest BCUT2D eigenvalue weighted by Crippen LogP contribution is 2.41. The van der Waals surface area contributed by atoms with Crippen molar-refractivity contribution >= 4 is 24.9 Å². The Bertz CT molecular complexity index is 1520. The van der Waals surface area contributed by atoms with Gasteiger partial charge in [-0.3, -0.25) is 14.6 Å². The molecule has 4 aromatic rings. The van der Waals surface area contributed by atoms with Crippen molar-refractivity contribution in [1.82, 2.24) is 19.7 Å². The fourth-order valence-electron chi connectivity index (χ4n) is 6.33. The molecule has 1 saturated carbocycles. The Kier molecular flexibility index (Phi) is 7.55. The molecule has 0 amide bonds. The Morgan fingerprint density at radius 2 is 1.83 bits per heavy atom. The molecule has 3 heterocycles. The third kappa shape index (κ3) is 5.72. The first-order valence-corrected chi connectivity index (χ1v) is 18.1.